The van der Waals surface area contributed by atoms with E-state index in [1.807, 2.05) is 37.3 Å². The Balaban J connectivity index is 0.00000200. The predicted octanol–water partition coefficient (Wildman–Crippen LogP) is 3.07. The van der Waals surface area contributed by atoms with Crippen LogP contribution >= 0.6 is 12.4 Å². The molecule has 2 rings (SSSR count). The molecule has 5 heteroatoms. The van der Waals surface area contributed by atoms with Crippen LogP contribution in [0.1, 0.15) is 11.1 Å². The SMILES string of the molecule is COc1ccc(C)c(Nc2ccccc2CCN)n1.Cl. The molecule has 0 aliphatic carbocycles. The lowest BCUT2D eigenvalue weighted by molar-refractivity contribution is 0.398. The molecule has 1 aromatic heterocycles. The summed E-state index contributed by atoms with van der Waals surface area (Å²) in [5, 5.41) is 3.35. The second-order valence-corrected chi connectivity index (χ2v) is 4.34. The molecule has 2 aromatic rings. The maximum Gasteiger partial charge on any atom is 0.214 e. The Morgan fingerprint density at radius 3 is 2.65 bits per heavy atom. The van der Waals surface area contributed by atoms with E-state index >= 15 is 0 Å². The minimum atomic E-state index is 0. The Morgan fingerprint density at radius 2 is 1.95 bits per heavy atom. The number of anilines is 2. The highest BCUT2D eigenvalue weighted by molar-refractivity contribution is 5.85. The van der Waals surface area contributed by atoms with Crippen LogP contribution < -0.4 is 15.8 Å². The lowest BCUT2D eigenvalue weighted by atomic mass is 10.1. The van der Waals surface area contributed by atoms with Crippen LogP contribution in [0.5, 0.6) is 5.88 Å². The highest BCUT2D eigenvalue weighted by Crippen LogP contribution is 2.24. The number of hydrogen-bond acceptors (Lipinski definition) is 4. The molecule has 0 fully saturated rings. The summed E-state index contributed by atoms with van der Waals surface area (Å²) >= 11 is 0. The number of nitrogens with one attached hydrogen (secondary N) is 1. The number of nitrogens with two attached hydrogens (primary N) is 1. The van der Waals surface area contributed by atoms with Crippen molar-refractivity contribution in [1.82, 2.24) is 4.98 Å². The van der Waals surface area contributed by atoms with E-state index in [0.29, 0.717) is 12.4 Å². The Bertz CT molecular complexity index is 561. The molecule has 0 aliphatic heterocycles. The zero-order valence-electron chi connectivity index (χ0n) is 11.7. The van der Waals surface area contributed by atoms with Crippen LogP contribution in [-0.4, -0.2) is 18.6 Å². The molecule has 0 saturated carbocycles. The maximum atomic E-state index is 5.63. The third-order valence-corrected chi connectivity index (χ3v) is 2.96. The van der Waals surface area contributed by atoms with Gasteiger partial charge in [0.15, 0.2) is 0 Å². The van der Waals surface area contributed by atoms with Crippen molar-refractivity contribution in [2.24, 2.45) is 5.73 Å². The van der Waals surface area contributed by atoms with E-state index in [-0.39, 0.29) is 12.4 Å². The van der Waals surface area contributed by atoms with Crippen molar-refractivity contribution >= 4 is 23.9 Å². The molecule has 0 radical (unpaired) electrons. The van der Waals surface area contributed by atoms with Crippen LogP contribution in [0.4, 0.5) is 11.5 Å². The van der Waals surface area contributed by atoms with Crippen molar-refractivity contribution in [3.05, 3.63) is 47.5 Å². The lowest BCUT2D eigenvalue weighted by Crippen LogP contribution is -2.06. The third-order valence-electron chi connectivity index (χ3n) is 2.96. The molecule has 0 saturated heterocycles. The van der Waals surface area contributed by atoms with E-state index in [0.717, 1.165) is 23.5 Å². The average molecular weight is 294 g/mol. The van der Waals surface area contributed by atoms with Crippen molar-refractivity contribution in [3.63, 3.8) is 0 Å². The summed E-state index contributed by atoms with van der Waals surface area (Å²) in [5.74, 6) is 1.41. The van der Waals surface area contributed by atoms with Gasteiger partial charge in [0.2, 0.25) is 5.88 Å². The number of ether oxygens (including phenoxy) is 1. The topological polar surface area (TPSA) is 60.2 Å². The van der Waals surface area contributed by atoms with Gasteiger partial charge in [-0.2, -0.15) is 4.98 Å². The van der Waals surface area contributed by atoms with Crippen molar-refractivity contribution in [3.8, 4) is 5.88 Å². The minimum Gasteiger partial charge on any atom is -0.481 e. The fourth-order valence-corrected chi connectivity index (χ4v) is 1.89. The number of methoxy groups -OCH3 is 1. The number of nitrogens with zero attached hydrogens (tertiary/aromatic N) is 1. The van der Waals surface area contributed by atoms with Crippen LogP contribution in [0.25, 0.3) is 0 Å². The molecule has 1 heterocycles. The second-order valence-electron chi connectivity index (χ2n) is 4.34. The van der Waals surface area contributed by atoms with Crippen molar-refractivity contribution < 1.29 is 4.74 Å². The Hall–Kier alpha value is -1.78. The second kappa shape index (κ2) is 7.72. The normalized spacial score (nSPS) is 9.75. The molecular weight excluding hydrogens is 274 g/mol. The fourth-order valence-electron chi connectivity index (χ4n) is 1.89. The summed E-state index contributed by atoms with van der Waals surface area (Å²) in [4.78, 5) is 4.42. The lowest BCUT2D eigenvalue weighted by Gasteiger charge is -2.13. The van der Waals surface area contributed by atoms with Crippen LogP contribution in [-0.2, 0) is 6.42 Å². The number of rotatable bonds is 5. The van der Waals surface area contributed by atoms with Crippen LogP contribution in [0.15, 0.2) is 36.4 Å². The van der Waals surface area contributed by atoms with E-state index in [1.165, 1.54) is 5.56 Å². The summed E-state index contributed by atoms with van der Waals surface area (Å²) in [7, 11) is 1.61. The molecule has 3 N–H and O–H groups in total. The standard InChI is InChI=1S/C15H19N3O.ClH/c1-11-7-8-14(19-2)18-15(11)17-13-6-4-3-5-12(13)9-10-16;/h3-8H,9-10,16H2,1-2H3,(H,17,18);1H. The summed E-state index contributed by atoms with van der Waals surface area (Å²) in [5.41, 5.74) is 8.94. The molecule has 0 unspecified atom stereocenters. The molecule has 1 aromatic carbocycles. The largest absolute Gasteiger partial charge is 0.481 e. The van der Waals surface area contributed by atoms with Crippen LogP contribution in [0.3, 0.4) is 0 Å². The van der Waals surface area contributed by atoms with Gasteiger partial charge < -0.3 is 15.8 Å². The Kier molecular flexibility index (Phi) is 6.28. The number of pyridine rings is 1. The van der Waals surface area contributed by atoms with Gasteiger partial charge >= 0.3 is 0 Å². The van der Waals surface area contributed by atoms with E-state index in [9.17, 15) is 0 Å². The van der Waals surface area contributed by atoms with Gasteiger partial charge in [0.05, 0.1) is 7.11 Å². The number of aryl methyl sites for hydroxylation is 1. The highest BCUT2D eigenvalue weighted by Gasteiger charge is 2.06. The predicted molar refractivity (Wildman–Crippen MR) is 85.3 cm³/mol. The Labute approximate surface area is 125 Å². The zero-order chi connectivity index (χ0) is 13.7. The smallest absolute Gasteiger partial charge is 0.214 e. The summed E-state index contributed by atoms with van der Waals surface area (Å²) in [6.07, 6.45) is 0.839. The van der Waals surface area contributed by atoms with Gasteiger partial charge in [0.25, 0.3) is 0 Å². The molecule has 0 spiro atoms. The third kappa shape index (κ3) is 3.85. The van der Waals surface area contributed by atoms with Gasteiger partial charge in [-0.1, -0.05) is 24.3 Å². The quantitative estimate of drug-likeness (QED) is 0.889. The molecule has 0 bridgehead atoms. The molecule has 4 nitrogen and oxygen atoms in total. The van der Waals surface area contributed by atoms with Gasteiger partial charge in [-0.25, -0.2) is 0 Å². The van der Waals surface area contributed by atoms with Crippen molar-refractivity contribution in [2.75, 3.05) is 19.0 Å². The number of halogens is 1. The molecule has 20 heavy (non-hydrogen) atoms. The van der Waals surface area contributed by atoms with E-state index in [1.54, 1.807) is 7.11 Å². The summed E-state index contributed by atoms with van der Waals surface area (Å²) in [6, 6.07) is 12.0. The molecule has 0 aliphatic rings. The van der Waals surface area contributed by atoms with Gasteiger partial charge in [-0.05, 0) is 37.1 Å². The monoisotopic (exact) mass is 293 g/mol. The average Bonchev–Trinajstić information content (AvgIpc) is 2.43. The number of benzene rings is 1. The van der Waals surface area contributed by atoms with E-state index in [2.05, 4.69) is 16.4 Å². The summed E-state index contributed by atoms with van der Waals surface area (Å²) in [6.45, 7) is 2.64. The van der Waals surface area contributed by atoms with Gasteiger partial charge in [-0.15, -0.1) is 12.4 Å². The first-order chi connectivity index (χ1) is 9.24. The molecule has 0 atom stereocenters. The fraction of sp³-hybridized carbons (Fsp3) is 0.267. The van der Waals surface area contributed by atoms with Gasteiger partial charge in [0, 0.05) is 11.8 Å². The zero-order valence-corrected chi connectivity index (χ0v) is 12.5. The number of para-hydroxylation sites is 1. The number of hydrogen-bond donors (Lipinski definition) is 2. The molecule has 0 amide bonds. The molecule has 108 valence electrons. The van der Waals surface area contributed by atoms with Crippen molar-refractivity contribution in [1.29, 1.82) is 0 Å². The highest BCUT2D eigenvalue weighted by atomic mass is 35.5. The molecular formula is C15H20ClN3O. The maximum absolute atomic E-state index is 5.63. The van der Waals surface area contributed by atoms with E-state index in [4.69, 9.17) is 10.5 Å². The van der Waals surface area contributed by atoms with Crippen LogP contribution in [0, 0.1) is 6.92 Å². The van der Waals surface area contributed by atoms with E-state index < -0.39 is 0 Å². The van der Waals surface area contributed by atoms with Crippen LogP contribution in [0.2, 0.25) is 0 Å². The van der Waals surface area contributed by atoms with Gasteiger partial charge in [0.1, 0.15) is 5.82 Å². The number of aromatic nitrogens is 1. The van der Waals surface area contributed by atoms with Gasteiger partial charge in [-0.3, -0.25) is 0 Å². The van der Waals surface area contributed by atoms with Crippen molar-refractivity contribution in [2.45, 2.75) is 13.3 Å². The first kappa shape index (κ1) is 16.3. The summed E-state index contributed by atoms with van der Waals surface area (Å²) < 4.78 is 5.15. The Morgan fingerprint density at radius 1 is 1.20 bits per heavy atom. The first-order valence-corrected chi connectivity index (χ1v) is 6.31. The minimum absolute atomic E-state index is 0. The first-order valence-electron chi connectivity index (χ1n) is 6.31.